The zero-order valence-electron chi connectivity index (χ0n) is 6.19. The fourth-order valence-corrected chi connectivity index (χ4v) is 0.760. The highest BCUT2D eigenvalue weighted by atomic mass is 35.5. The maximum Gasteiger partial charge on any atom is 0.129 e. The Morgan fingerprint density at radius 1 is 1.70 bits per heavy atom. The number of hydrogen-bond donors (Lipinski definition) is 0. The third kappa shape index (κ3) is 4.89. The number of halogens is 1. The van der Waals surface area contributed by atoms with Crippen LogP contribution in [0.3, 0.4) is 0 Å². The highest BCUT2D eigenvalue weighted by Crippen LogP contribution is 2.10. The third-order valence-corrected chi connectivity index (χ3v) is 2.09. The van der Waals surface area contributed by atoms with Crippen molar-refractivity contribution in [3.63, 3.8) is 0 Å². The predicted octanol–water partition coefficient (Wildman–Crippen LogP) is 2.56. The average molecular weight is 179 g/mol. The van der Waals surface area contributed by atoms with E-state index in [1.165, 1.54) is 0 Å². The Bertz CT molecular complexity index is 145. The van der Waals surface area contributed by atoms with E-state index in [-0.39, 0.29) is 11.7 Å². The lowest BCUT2D eigenvalue weighted by Gasteiger charge is -2.04. The van der Waals surface area contributed by atoms with Gasteiger partial charge in [-0.2, -0.15) is 0 Å². The molecule has 0 radical (unpaired) electrons. The summed E-state index contributed by atoms with van der Waals surface area (Å²) in [5, 5.41) is 0. The van der Waals surface area contributed by atoms with Gasteiger partial charge in [-0.1, -0.05) is 30.7 Å². The van der Waals surface area contributed by atoms with Gasteiger partial charge < -0.3 is 4.79 Å². The summed E-state index contributed by atoms with van der Waals surface area (Å²) in [4.78, 5) is 10.5. The summed E-state index contributed by atoms with van der Waals surface area (Å²) in [6.45, 7) is 3.50. The van der Waals surface area contributed by atoms with Crippen LogP contribution >= 0.6 is 23.8 Å². The average Bonchev–Trinajstić information content (AvgIpc) is 1.82. The smallest absolute Gasteiger partial charge is 0.129 e. The Labute approximate surface area is 71.8 Å². The fraction of sp³-hybridized carbons (Fsp3) is 0.714. The van der Waals surface area contributed by atoms with E-state index < -0.39 is 0 Å². The van der Waals surface area contributed by atoms with E-state index in [0.717, 1.165) is 6.42 Å². The molecule has 0 aromatic carbocycles. The van der Waals surface area contributed by atoms with Gasteiger partial charge in [0, 0.05) is 12.3 Å². The summed E-state index contributed by atoms with van der Waals surface area (Å²) >= 11 is 10.3. The Morgan fingerprint density at radius 2 is 2.20 bits per heavy atom. The molecule has 1 unspecified atom stereocenters. The molecule has 1 atom stereocenters. The zero-order valence-corrected chi connectivity index (χ0v) is 7.76. The van der Waals surface area contributed by atoms with Gasteiger partial charge in [0.05, 0.1) is 4.32 Å². The molecular formula is C7H11ClOS. The van der Waals surface area contributed by atoms with Crippen LogP contribution in [0, 0.1) is 5.92 Å². The van der Waals surface area contributed by atoms with Crippen LogP contribution < -0.4 is 0 Å². The minimum Gasteiger partial charge on any atom is -0.300 e. The van der Waals surface area contributed by atoms with Crippen molar-refractivity contribution in [1.82, 2.24) is 0 Å². The second-order valence-electron chi connectivity index (χ2n) is 2.45. The van der Waals surface area contributed by atoms with Gasteiger partial charge in [-0.15, -0.1) is 0 Å². The molecule has 0 aliphatic heterocycles. The molecule has 0 spiro atoms. The van der Waals surface area contributed by atoms with Crippen LogP contribution in [-0.4, -0.2) is 10.1 Å². The third-order valence-electron chi connectivity index (χ3n) is 1.32. The Hall–Kier alpha value is 0.0500. The minimum absolute atomic E-state index is 0.181. The monoisotopic (exact) mass is 178 g/mol. The van der Waals surface area contributed by atoms with Gasteiger partial charge in [0.15, 0.2) is 0 Å². The van der Waals surface area contributed by atoms with Crippen LogP contribution in [0.25, 0.3) is 0 Å². The molecule has 0 aliphatic rings. The first kappa shape index (κ1) is 10.0. The van der Waals surface area contributed by atoms with Crippen molar-refractivity contribution in [2.24, 2.45) is 5.92 Å². The van der Waals surface area contributed by atoms with Crippen molar-refractivity contribution in [2.45, 2.75) is 26.7 Å². The van der Waals surface area contributed by atoms with Gasteiger partial charge in [-0.25, -0.2) is 0 Å². The van der Waals surface area contributed by atoms with Gasteiger partial charge in [0.2, 0.25) is 0 Å². The lowest BCUT2D eigenvalue weighted by Crippen LogP contribution is -2.03. The molecule has 10 heavy (non-hydrogen) atoms. The van der Waals surface area contributed by atoms with E-state index in [2.05, 4.69) is 0 Å². The van der Waals surface area contributed by atoms with E-state index >= 15 is 0 Å². The number of carbonyl (C=O) groups is 1. The van der Waals surface area contributed by atoms with E-state index in [1.54, 1.807) is 6.92 Å². The van der Waals surface area contributed by atoms with Crippen LogP contribution in [0.15, 0.2) is 0 Å². The van der Waals surface area contributed by atoms with Crippen LogP contribution in [-0.2, 0) is 4.79 Å². The largest absolute Gasteiger partial charge is 0.300 e. The molecular weight excluding hydrogens is 168 g/mol. The molecule has 0 aromatic rings. The molecule has 0 fully saturated rings. The molecule has 0 saturated carbocycles. The van der Waals surface area contributed by atoms with E-state index in [1.807, 2.05) is 6.92 Å². The van der Waals surface area contributed by atoms with Crippen molar-refractivity contribution in [3.05, 3.63) is 0 Å². The Morgan fingerprint density at radius 3 is 2.50 bits per heavy atom. The minimum atomic E-state index is 0.181. The maximum absolute atomic E-state index is 10.5. The molecule has 58 valence electrons. The molecule has 0 N–H and O–H groups in total. The Balaban J connectivity index is 3.49. The summed E-state index contributed by atoms with van der Waals surface area (Å²) in [6.07, 6.45) is 1.35. The molecule has 0 heterocycles. The quantitative estimate of drug-likeness (QED) is 0.486. The highest BCUT2D eigenvalue weighted by molar-refractivity contribution is 7.83. The first-order valence-electron chi connectivity index (χ1n) is 3.23. The van der Waals surface area contributed by atoms with Gasteiger partial charge in [-0.05, 0) is 13.3 Å². The Kier molecular flexibility index (Phi) is 4.83. The molecule has 0 saturated heterocycles. The number of hydrogen-bond acceptors (Lipinski definition) is 2. The normalized spacial score (nSPS) is 12.7. The van der Waals surface area contributed by atoms with E-state index in [0.29, 0.717) is 10.7 Å². The standard InChI is InChI=1S/C7H11ClOS/c1-5(7(8)10)3-4-6(2)9/h5H,3-4H2,1-2H3. The molecule has 0 bridgehead atoms. The van der Waals surface area contributed by atoms with Crippen molar-refractivity contribution in [3.8, 4) is 0 Å². The van der Waals surface area contributed by atoms with Crippen LogP contribution in [0.2, 0.25) is 0 Å². The first-order chi connectivity index (χ1) is 4.54. The lowest BCUT2D eigenvalue weighted by molar-refractivity contribution is -0.117. The number of Topliss-reactive ketones (excluding diaryl/α,β-unsaturated/α-hetero) is 1. The van der Waals surface area contributed by atoms with E-state index in [4.69, 9.17) is 23.8 Å². The predicted molar refractivity (Wildman–Crippen MR) is 47.5 cm³/mol. The SMILES string of the molecule is CC(=O)CCC(C)C(=S)Cl. The van der Waals surface area contributed by atoms with E-state index in [9.17, 15) is 4.79 Å². The number of rotatable bonds is 4. The second kappa shape index (κ2) is 4.80. The molecule has 1 nitrogen and oxygen atoms in total. The second-order valence-corrected chi connectivity index (χ2v) is 3.52. The number of ketones is 1. The number of carbonyl (C=O) groups excluding carboxylic acids is 1. The summed E-state index contributed by atoms with van der Waals surface area (Å²) in [5.74, 6) is 0.375. The molecule has 0 rings (SSSR count). The topological polar surface area (TPSA) is 17.1 Å². The van der Waals surface area contributed by atoms with Crippen molar-refractivity contribution >= 4 is 33.9 Å². The fourth-order valence-electron chi connectivity index (χ4n) is 0.533. The zero-order chi connectivity index (χ0) is 8.15. The van der Waals surface area contributed by atoms with Crippen molar-refractivity contribution in [2.75, 3.05) is 0 Å². The molecule has 3 heteroatoms. The maximum atomic E-state index is 10.5. The van der Waals surface area contributed by atoms with Gasteiger partial charge in [-0.3, -0.25) is 0 Å². The molecule has 0 aromatic heterocycles. The molecule has 0 amide bonds. The highest BCUT2D eigenvalue weighted by Gasteiger charge is 2.06. The van der Waals surface area contributed by atoms with Crippen molar-refractivity contribution < 1.29 is 4.79 Å². The summed E-state index contributed by atoms with van der Waals surface area (Å²) in [5.41, 5.74) is 0. The van der Waals surface area contributed by atoms with Gasteiger partial charge in [0.25, 0.3) is 0 Å². The molecule has 0 aliphatic carbocycles. The summed E-state index contributed by atoms with van der Waals surface area (Å²) in [7, 11) is 0. The van der Waals surface area contributed by atoms with Crippen molar-refractivity contribution in [1.29, 1.82) is 0 Å². The van der Waals surface area contributed by atoms with Crippen LogP contribution in [0.5, 0.6) is 0 Å². The van der Waals surface area contributed by atoms with Gasteiger partial charge >= 0.3 is 0 Å². The van der Waals surface area contributed by atoms with Gasteiger partial charge in [0.1, 0.15) is 5.78 Å². The van der Waals surface area contributed by atoms with Crippen LogP contribution in [0.1, 0.15) is 26.7 Å². The van der Waals surface area contributed by atoms with Crippen LogP contribution in [0.4, 0.5) is 0 Å². The number of thiocarbonyl (C=S) groups is 1. The first-order valence-corrected chi connectivity index (χ1v) is 4.01. The summed E-state index contributed by atoms with van der Waals surface area (Å²) < 4.78 is 0.473. The summed E-state index contributed by atoms with van der Waals surface area (Å²) in [6, 6.07) is 0. The lowest BCUT2D eigenvalue weighted by atomic mass is 10.1.